The molecular formula is C17H20O7. The Morgan fingerprint density at radius 2 is 1.62 bits per heavy atom. The molecule has 7 nitrogen and oxygen atoms in total. The lowest BCUT2D eigenvalue weighted by Crippen LogP contribution is -2.09. The topological polar surface area (TPSA) is 99.1 Å². The molecule has 0 spiro atoms. The van der Waals surface area contributed by atoms with Crippen LogP contribution in [0.1, 0.15) is 26.2 Å². The molecule has 0 aliphatic carbocycles. The molecule has 1 N–H and O–H groups in total. The molecule has 0 radical (unpaired) electrons. The van der Waals surface area contributed by atoms with Crippen molar-refractivity contribution in [3.8, 4) is 11.5 Å². The fourth-order valence-electron chi connectivity index (χ4n) is 1.62. The second-order valence-electron chi connectivity index (χ2n) is 4.68. The molecule has 24 heavy (non-hydrogen) atoms. The van der Waals surface area contributed by atoms with Crippen LogP contribution in [0.4, 0.5) is 0 Å². The van der Waals surface area contributed by atoms with Crippen LogP contribution in [0.2, 0.25) is 0 Å². The molecule has 1 aromatic carbocycles. The third-order valence-corrected chi connectivity index (χ3v) is 2.73. The lowest BCUT2D eigenvalue weighted by atomic mass is 10.2. The van der Waals surface area contributed by atoms with E-state index in [1.165, 1.54) is 24.3 Å². The second kappa shape index (κ2) is 10.8. The van der Waals surface area contributed by atoms with Crippen LogP contribution in [0, 0.1) is 0 Å². The van der Waals surface area contributed by atoms with Crippen molar-refractivity contribution in [3.63, 3.8) is 0 Å². The predicted octanol–water partition coefficient (Wildman–Crippen LogP) is 2.13. The first-order valence-electron chi connectivity index (χ1n) is 7.52. The largest absolute Gasteiger partial charge is 0.508 e. The van der Waals surface area contributed by atoms with Crippen molar-refractivity contribution >= 4 is 17.9 Å². The van der Waals surface area contributed by atoms with E-state index in [-0.39, 0.29) is 25.4 Å². The average molecular weight is 336 g/mol. The number of hydrogen-bond donors (Lipinski definition) is 1. The highest BCUT2D eigenvalue weighted by atomic mass is 16.5. The van der Waals surface area contributed by atoms with E-state index < -0.39 is 17.9 Å². The molecule has 1 aromatic rings. The molecule has 0 fully saturated rings. The summed E-state index contributed by atoms with van der Waals surface area (Å²) < 4.78 is 14.6. The predicted molar refractivity (Wildman–Crippen MR) is 84.3 cm³/mol. The highest BCUT2D eigenvalue weighted by Crippen LogP contribution is 2.16. The van der Waals surface area contributed by atoms with Crippen LogP contribution in [-0.2, 0) is 23.9 Å². The van der Waals surface area contributed by atoms with Crippen LogP contribution in [-0.4, -0.2) is 36.2 Å². The van der Waals surface area contributed by atoms with E-state index in [4.69, 9.17) is 14.6 Å². The van der Waals surface area contributed by atoms with Crippen molar-refractivity contribution in [3.05, 3.63) is 36.4 Å². The summed E-state index contributed by atoms with van der Waals surface area (Å²) in [5.74, 6) is -1.21. The first-order valence-corrected chi connectivity index (χ1v) is 7.52. The van der Waals surface area contributed by atoms with E-state index >= 15 is 0 Å². The van der Waals surface area contributed by atoms with Crippen molar-refractivity contribution in [1.29, 1.82) is 0 Å². The van der Waals surface area contributed by atoms with E-state index in [0.29, 0.717) is 18.6 Å². The van der Waals surface area contributed by atoms with E-state index in [0.717, 1.165) is 12.2 Å². The Kier molecular flexibility index (Phi) is 8.67. The van der Waals surface area contributed by atoms with Gasteiger partial charge in [0.05, 0.1) is 13.2 Å². The van der Waals surface area contributed by atoms with Crippen molar-refractivity contribution in [1.82, 2.24) is 0 Å². The highest BCUT2D eigenvalue weighted by Gasteiger charge is 2.05. The van der Waals surface area contributed by atoms with Crippen LogP contribution < -0.4 is 4.74 Å². The number of carbonyl (C=O) groups is 3. The van der Waals surface area contributed by atoms with Gasteiger partial charge in [-0.15, -0.1) is 0 Å². The van der Waals surface area contributed by atoms with Gasteiger partial charge in [-0.2, -0.15) is 0 Å². The molecule has 0 bridgehead atoms. The minimum atomic E-state index is -0.644. The molecule has 0 amide bonds. The maximum atomic E-state index is 11.6. The zero-order valence-corrected chi connectivity index (χ0v) is 13.4. The monoisotopic (exact) mass is 336 g/mol. The fraction of sp³-hybridized carbons (Fsp3) is 0.353. The molecule has 0 saturated carbocycles. The smallest absolute Gasteiger partial charge is 0.331 e. The summed E-state index contributed by atoms with van der Waals surface area (Å²) in [5.41, 5.74) is 0. The Morgan fingerprint density at radius 1 is 1.00 bits per heavy atom. The van der Waals surface area contributed by atoms with Gasteiger partial charge in [0.1, 0.15) is 11.5 Å². The molecule has 1 rings (SSSR count). The summed E-state index contributed by atoms with van der Waals surface area (Å²) in [4.78, 5) is 33.9. The van der Waals surface area contributed by atoms with E-state index in [2.05, 4.69) is 4.74 Å². The standard InChI is InChI=1S/C17H20O7/c1-2-22-15(19)10-11-16(20)23-12-4-3-5-17(21)24-14-8-6-13(18)7-9-14/h6-11,18H,2-5,12H2,1H3. The van der Waals surface area contributed by atoms with Gasteiger partial charge in [-0.05, 0) is 44.0 Å². The molecule has 0 aliphatic rings. The molecule has 0 saturated heterocycles. The average Bonchev–Trinajstić information content (AvgIpc) is 2.55. The summed E-state index contributed by atoms with van der Waals surface area (Å²) >= 11 is 0. The van der Waals surface area contributed by atoms with Crippen molar-refractivity contribution in [2.45, 2.75) is 26.2 Å². The maximum absolute atomic E-state index is 11.6. The number of rotatable bonds is 9. The Balaban J connectivity index is 2.12. The number of benzene rings is 1. The number of hydrogen-bond acceptors (Lipinski definition) is 7. The summed E-state index contributed by atoms with van der Waals surface area (Å²) in [6, 6.07) is 5.83. The Morgan fingerprint density at radius 3 is 2.25 bits per heavy atom. The Labute approximate surface area is 139 Å². The number of unbranched alkanes of at least 4 members (excludes halogenated alkanes) is 1. The van der Waals surface area contributed by atoms with E-state index in [1.54, 1.807) is 6.92 Å². The van der Waals surface area contributed by atoms with Crippen LogP contribution >= 0.6 is 0 Å². The van der Waals surface area contributed by atoms with E-state index in [1.807, 2.05) is 0 Å². The summed E-state index contributed by atoms with van der Waals surface area (Å²) in [6.07, 6.45) is 3.16. The molecule has 0 atom stereocenters. The molecular weight excluding hydrogens is 316 g/mol. The maximum Gasteiger partial charge on any atom is 0.331 e. The first kappa shape index (κ1) is 19.2. The van der Waals surface area contributed by atoms with Gasteiger partial charge in [0.25, 0.3) is 0 Å². The summed E-state index contributed by atoms with van der Waals surface area (Å²) in [7, 11) is 0. The second-order valence-corrected chi connectivity index (χ2v) is 4.68. The van der Waals surface area contributed by atoms with Gasteiger partial charge in [0.15, 0.2) is 0 Å². The van der Waals surface area contributed by atoms with Crippen molar-refractivity contribution in [2.24, 2.45) is 0 Å². The van der Waals surface area contributed by atoms with Gasteiger partial charge in [-0.25, -0.2) is 9.59 Å². The van der Waals surface area contributed by atoms with Gasteiger partial charge in [0, 0.05) is 18.6 Å². The van der Waals surface area contributed by atoms with Gasteiger partial charge >= 0.3 is 17.9 Å². The van der Waals surface area contributed by atoms with Crippen LogP contribution in [0.15, 0.2) is 36.4 Å². The van der Waals surface area contributed by atoms with Crippen LogP contribution in [0.25, 0.3) is 0 Å². The highest BCUT2D eigenvalue weighted by molar-refractivity contribution is 5.91. The SMILES string of the molecule is CCOC(=O)C=CC(=O)OCCCCC(=O)Oc1ccc(O)cc1. The third-order valence-electron chi connectivity index (χ3n) is 2.73. The fourth-order valence-corrected chi connectivity index (χ4v) is 1.62. The molecule has 0 aliphatic heterocycles. The van der Waals surface area contributed by atoms with E-state index in [9.17, 15) is 14.4 Å². The molecule has 0 heterocycles. The van der Waals surface area contributed by atoms with Gasteiger partial charge in [-0.3, -0.25) is 4.79 Å². The number of phenolic OH excluding ortho intramolecular Hbond substituents is 1. The molecule has 0 aromatic heterocycles. The van der Waals surface area contributed by atoms with Crippen LogP contribution in [0.5, 0.6) is 11.5 Å². The number of esters is 3. The summed E-state index contributed by atoms with van der Waals surface area (Å²) in [6.45, 7) is 2.04. The van der Waals surface area contributed by atoms with Gasteiger partial charge in [-0.1, -0.05) is 0 Å². The Bertz CT molecular complexity index is 575. The quantitative estimate of drug-likeness (QED) is 0.319. The Hall–Kier alpha value is -2.83. The normalized spacial score (nSPS) is 10.4. The minimum Gasteiger partial charge on any atom is -0.508 e. The number of aromatic hydroxyl groups is 1. The first-order chi connectivity index (χ1) is 11.5. The number of phenols is 1. The zero-order valence-electron chi connectivity index (χ0n) is 13.4. The number of carbonyl (C=O) groups excluding carboxylic acids is 3. The molecule has 0 unspecified atom stereocenters. The van der Waals surface area contributed by atoms with Crippen molar-refractivity contribution < 1.29 is 33.7 Å². The zero-order chi connectivity index (χ0) is 17.8. The van der Waals surface area contributed by atoms with Crippen LogP contribution in [0.3, 0.4) is 0 Å². The lowest BCUT2D eigenvalue weighted by molar-refractivity contribution is -0.140. The minimum absolute atomic E-state index is 0.0913. The summed E-state index contributed by atoms with van der Waals surface area (Å²) in [5, 5.41) is 9.12. The van der Waals surface area contributed by atoms with Crippen molar-refractivity contribution in [2.75, 3.05) is 13.2 Å². The third kappa shape index (κ3) is 8.57. The lowest BCUT2D eigenvalue weighted by Gasteiger charge is -2.04. The van der Waals surface area contributed by atoms with Gasteiger partial charge < -0.3 is 19.3 Å². The molecule has 130 valence electrons. The molecule has 7 heteroatoms. The number of ether oxygens (including phenoxy) is 3. The van der Waals surface area contributed by atoms with Gasteiger partial charge in [0.2, 0.25) is 0 Å².